The van der Waals surface area contributed by atoms with Gasteiger partial charge in [-0.3, -0.25) is 4.98 Å². The highest BCUT2D eigenvalue weighted by molar-refractivity contribution is 7.21. The van der Waals surface area contributed by atoms with Gasteiger partial charge in [0.1, 0.15) is 10.8 Å². The predicted octanol–water partition coefficient (Wildman–Crippen LogP) is 3.22. The molecule has 102 valence electrons. The quantitative estimate of drug-likeness (QED) is 0.799. The van der Waals surface area contributed by atoms with Gasteiger partial charge in [0.25, 0.3) is 0 Å². The minimum atomic E-state index is 0.505. The smallest absolute Gasteiger partial charge is 0.143 e. The van der Waals surface area contributed by atoms with Gasteiger partial charge in [0.15, 0.2) is 0 Å². The van der Waals surface area contributed by atoms with Crippen molar-refractivity contribution in [3.63, 3.8) is 0 Å². The number of fused-ring (bicyclic) bond motifs is 1. The molecular formula is C15H15N3OS. The zero-order valence-electron chi connectivity index (χ0n) is 11.2. The van der Waals surface area contributed by atoms with Crippen molar-refractivity contribution < 1.29 is 4.74 Å². The Labute approximate surface area is 121 Å². The predicted molar refractivity (Wildman–Crippen MR) is 81.9 cm³/mol. The molecule has 4 nitrogen and oxygen atoms in total. The number of pyridine rings is 1. The summed E-state index contributed by atoms with van der Waals surface area (Å²) < 4.78 is 6.62. The molecule has 0 bridgehead atoms. The normalized spacial score (nSPS) is 10.9. The Kier molecular flexibility index (Phi) is 3.62. The van der Waals surface area contributed by atoms with E-state index in [0.717, 1.165) is 32.2 Å². The van der Waals surface area contributed by atoms with Crippen molar-refractivity contribution in [3.8, 4) is 16.5 Å². The van der Waals surface area contributed by atoms with Crippen molar-refractivity contribution in [1.29, 1.82) is 0 Å². The van der Waals surface area contributed by atoms with Crippen LogP contribution in [0.5, 0.6) is 5.75 Å². The van der Waals surface area contributed by atoms with Gasteiger partial charge >= 0.3 is 0 Å². The topological polar surface area (TPSA) is 61.0 Å². The second-order valence-corrected chi connectivity index (χ2v) is 5.37. The fourth-order valence-electron chi connectivity index (χ4n) is 1.94. The lowest BCUT2D eigenvalue weighted by atomic mass is 10.2. The van der Waals surface area contributed by atoms with Gasteiger partial charge in [-0.25, -0.2) is 4.98 Å². The molecule has 0 atom stereocenters. The molecule has 0 fully saturated rings. The van der Waals surface area contributed by atoms with Crippen LogP contribution in [-0.4, -0.2) is 16.6 Å². The van der Waals surface area contributed by atoms with E-state index in [4.69, 9.17) is 10.5 Å². The average Bonchev–Trinajstić information content (AvgIpc) is 2.91. The summed E-state index contributed by atoms with van der Waals surface area (Å²) in [6.45, 7) is 3.15. The van der Waals surface area contributed by atoms with Gasteiger partial charge in [0, 0.05) is 12.7 Å². The minimum Gasteiger partial charge on any atom is -0.494 e. The van der Waals surface area contributed by atoms with E-state index in [1.807, 2.05) is 37.3 Å². The third-order valence-corrected chi connectivity index (χ3v) is 3.99. The fourth-order valence-corrected chi connectivity index (χ4v) is 2.91. The first-order chi connectivity index (χ1) is 9.80. The molecule has 0 aliphatic heterocycles. The lowest BCUT2D eigenvalue weighted by Gasteiger charge is -2.00. The van der Waals surface area contributed by atoms with Gasteiger partial charge in [-0.1, -0.05) is 6.07 Å². The maximum atomic E-state index is 5.58. The second kappa shape index (κ2) is 5.56. The molecule has 5 heteroatoms. The minimum absolute atomic E-state index is 0.505. The molecule has 1 aromatic carbocycles. The number of aromatic nitrogens is 2. The standard InChI is InChI=1S/C15H15N3OS/c1-2-19-11-4-6-12-14(7-11)20-15(18-12)13-5-3-10(8-16)9-17-13/h3-7,9H,2,8,16H2,1H3. The van der Waals surface area contributed by atoms with E-state index in [-0.39, 0.29) is 0 Å². The Bertz CT molecular complexity index is 722. The molecule has 0 radical (unpaired) electrons. The highest BCUT2D eigenvalue weighted by Gasteiger charge is 2.08. The molecule has 2 N–H and O–H groups in total. The van der Waals surface area contributed by atoms with Crippen molar-refractivity contribution in [2.45, 2.75) is 13.5 Å². The summed E-state index contributed by atoms with van der Waals surface area (Å²) in [6.07, 6.45) is 1.80. The van der Waals surface area contributed by atoms with E-state index >= 15 is 0 Å². The average molecular weight is 285 g/mol. The second-order valence-electron chi connectivity index (χ2n) is 4.34. The van der Waals surface area contributed by atoms with Crippen LogP contribution in [0.3, 0.4) is 0 Å². The van der Waals surface area contributed by atoms with Crippen molar-refractivity contribution >= 4 is 21.6 Å². The molecule has 0 unspecified atom stereocenters. The Morgan fingerprint density at radius 3 is 2.85 bits per heavy atom. The highest BCUT2D eigenvalue weighted by atomic mass is 32.1. The summed E-state index contributed by atoms with van der Waals surface area (Å²) >= 11 is 1.62. The number of rotatable bonds is 4. The number of nitrogens with two attached hydrogens (primary N) is 1. The van der Waals surface area contributed by atoms with E-state index in [9.17, 15) is 0 Å². The van der Waals surface area contributed by atoms with Crippen LogP contribution in [0.1, 0.15) is 12.5 Å². The molecule has 0 aliphatic rings. The van der Waals surface area contributed by atoms with Crippen LogP contribution in [-0.2, 0) is 6.54 Å². The molecular weight excluding hydrogens is 270 g/mol. The zero-order valence-corrected chi connectivity index (χ0v) is 12.0. The molecule has 0 saturated heterocycles. The van der Waals surface area contributed by atoms with Gasteiger partial charge < -0.3 is 10.5 Å². The molecule has 3 aromatic rings. The van der Waals surface area contributed by atoms with Crippen LogP contribution in [0.2, 0.25) is 0 Å². The number of ether oxygens (including phenoxy) is 1. The largest absolute Gasteiger partial charge is 0.494 e. The summed E-state index contributed by atoms with van der Waals surface area (Å²) in [5.41, 5.74) is 8.45. The first kappa shape index (κ1) is 13.0. The van der Waals surface area contributed by atoms with Gasteiger partial charge in [-0.15, -0.1) is 11.3 Å². The third-order valence-electron chi connectivity index (χ3n) is 2.95. The maximum Gasteiger partial charge on any atom is 0.143 e. The van der Waals surface area contributed by atoms with Gasteiger partial charge in [0.05, 0.1) is 22.5 Å². The Morgan fingerprint density at radius 2 is 2.15 bits per heavy atom. The monoisotopic (exact) mass is 285 g/mol. The summed E-state index contributed by atoms with van der Waals surface area (Å²) in [6, 6.07) is 9.90. The van der Waals surface area contributed by atoms with Crippen molar-refractivity contribution in [1.82, 2.24) is 9.97 Å². The summed E-state index contributed by atoms with van der Waals surface area (Å²) in [4.78, 5) is 9.02. The van der Waals surface area contributed by atoms with Crippen LogP contribution in [0.4, 0.5) is 0 Å². The van der Waals surface area contributed by atoms with Crippen LogP contribution >= 0.6 is 11.3 Å². The number of thiazole rings is 1. The van der Waals surface area contributed by atoms with Crippen molar-refractivity contribution in [3.05, 3.63) is 42.1 Å². The van der Waals surface area contributed by atoms with Crippen molar-refractivity contribution in [2.24, 2.45) is 5.73 Å². The lowest BCUT2D eigenvalue weighted by molar-refractivity contribution is 0.341. The highest BCUT2D eigenvalue weighted by Crippen LogP contribution is 2.31. The van der Waals surface area contributed by atoms with Gasteiger partial charge in [-0.05, 0) is 36.8 Å². The van der Waals surface area contributed by atoms with E-state index in [1.54, 1.807) is 17.5 Å². The first-order valence-electron chi connectivity index (χ1n) is 6.49. The maximum absolute atomic E-state index is 5.58. The number of nitrogens with zero attached hydrogens (tertiary/aromatic N) is 2. The third kappa shape index (κ3) is 2.50. The van der Waals surface area contributed by atoms with E-state index in [1.165, 1.54) is 0 Å². The Morgan fingerprint density at radius 1 is 1.25 bits per heavy atom. The molecule has 3 rings (SSSR count). The summed E-state index contributed by atoms with van der Waals surface area (Å²) in [5.74, 6) is 0.877. The van der Waals surface area contributed by atoms with Crippen LogP contribution in [0.25, 0.3) is 20.9 Å². The summed E-state index contributed by atoms with van der Waals surface area (Å²) in [5, 5.41) is 0.914. The number of hydrogen-bond acceptors (Lipinski definition) is 5. The molecule has 2 aromatic heterocycles. The van der Waals surface area contributed by atoms with Crippen LogP contribution in [0, 0.1) is 0 Å². The molecule has 0 aliphatic carbocycles. The summed E-state index contributed by atoms with van der Waals surface area (Å²) in [7, 11) is 0. The van der Waals surface area contributed by atoms with Crippen LogP contribution in [0.15, 0.2) is 36.5 Å². The van der Waals surface area contributed by atoms with E-state index in [2.05, 4.69) is 9.97 Å². The lowest BCUT2D eigenvalue weighted by Crippen LogP contribution is -1.96. The number of benzene rings is 1. The van der Waals surface area contributed by atoms with Crippen molar-refractivity contribution in [2.75, 3.05) is 6.61 Å². The number of hydrogen-bond donors (Lipinski definition) is 1. The molecule has 0 saturated carbocycles. The molecule has 20 heavy (non-hydrogen) atoms. The van der Waals surface area contributed by atoms with Gasteiger partial charge in [-0.2, -0.15) is 0 Å². The van der Waals surface area contributed by atoms with E-state index in [0.29, 0.717) is 13.2 Å². The molecule has 0 amide bonds. The van der Waals surface area contributed by atoms with Crippen LogP contribution < -0.4 is 10.5 Å². The van der Waals surface area contributed by atoms with Gasteiger partial charge in [0.2, 0.25) is 0 Å². The molecule has 0 spiro atoms. The Balaban J connectivity index is 1.98. The first-order valence-corrected chi connectivity index (χ1v) is 7.30. The SMILES string of the molecule is CCOc1ccc2nc(-c3ccc(CN)cn3)sc2c1. The Hall–Kier alpha value is -1.98. The van der Waals surface area contributed by atoms with E-state index < -0.39 is 0 Å². The fraction of sp³-hybridized carbons (Fsp3) is 0.200. The zero-order chi connectivity index (χ0) is 13.9. The molecule has 2 heterocycles.